The Morgan fingerprint density at radius 2 is 1.73 bits per heavy atom. The molecule has 2 aliphatic heterocycles. The summed E-state index contributed by atoms with van der Waals surface area (Å²) in [4.78, 5) is 0. The lowest BCUT2D eigenvalue weighted by Gasteiger charge is -2.29. The molecule has 2 nitrogen and oxygen atoms in total. The van der Waals surface area contributed by atoms with Crippen LogP contribution in [0.25, 0.3) is 0 Å². The first kappa shape index (κ1) is 9.22. The number of benzene rings is 1. The first-order valence-corrected chi connectivity index (χ1v) is 5.87. The summed E-state index contributed by atoms with van der Waals surface area (Å²) in [6.45, 7) is 0. The highest BCUT2D eigenvalue weighted by atomic mass is 16.3. The van der Waals surface area contributed by atoms with E-state index in [2.05, 4.69) is 11.4 Å². The highest BCUT2D eigenvalue weighted by Gasteiger charge is 2.34. The number of nitrogens with one attached hydrogen (secondary N) is 1. The molecule has 0 aliphatic carbocycles. The Morgan fingerprint density at radius 1 is 1.07 bits per heavy atom. The summed E-state index contributed by atoms with van der Waals surface area (Å²) >= 11 is 0. The summed E-state index contributed by atoms with van der Waals surface area (Å²) in [6.07, 6.45) is 5.01. The minimum absolute atomic E-state index is 0.476. The van der Waals surface area contributed by atoms with Crippen LogP contribution in [0.5, 0.6) is 5.75 Å². The second-order valence-corrected chi connectivity index (χ2v) is 4.87. The van der Waals surface area contributed by atoms with Gasteiger partial charge in [0.2, 0.25) is 0 Å². The van der Waals surface area contributed by atoms with Gasteiger partial charge in [0, 0.05) is 12.1 Å². The van der Waals surface area contributed by atoms with Crippen molar-refractivity contribution >= 4 is 0 Å². The molecule has 2 bridgehead atoms. The van der Waals surface area contributed by atoms with Crippen LogP contribution in [0, 0.1) is 0 Å². The quantitative estimate of drug-likeness (QED) is 0.734. The molecule has 2 aliphatic rings. The van der Waals surface area contributed by atoms with Crippen molar-refractivity contribution in [3.8, 4) is 5.75 Å². The number of para-hydroxylation sites is 1. The predicted octanol–water partition coefficient (Wildman–Crippen LogP) is 2.39. The van der Waals surface area contributed by atoms with Crippen LogP contribution in [-0.2, 0) is 0 Å². The maximum atomic E-state index is 9.84. The van der Waals surface area contributed by atoms with Gasteiger partial charge in [0.05, 0.1) is 0 Å². The van der Waals surface area contributed by atoms with Crippen molar-refractivity contribution in [2.75, 3.05) is 0 Å². The maximum absolute atomic E-state index is 9.84. The molecule has 0 spiro atoms. The molecule has 2 heterocycles. The predicted molar refractivity (Wildman–Crippen MR) is 60.0 cm³/mol. The van der Waals surface area contributed by atoms with E-state index in [1.165, 1.54) is 25.7 Å². The van der Waals surface area contributed by atoms with Crippen LogP contribution in [0.1, 0.15) is 37.2 Å². The standard InChI is InChI=1S/C13H17NO/c15-13-4-2-1-3-12(13)9-7-10-5-6-11(8-9)14-10/h1-4,9-11,14-15H,5-8H2. The molecule has 80 valence electrons. The fourth-order valence-corrected chi connectivity index (χ4v) is 3.14. The monoisotopic (exact) mass is 203 g/mol. The van der Waals surface area contributed by atoms with E-state index in [0.29, 0.717) is 23.8 Å². The topological polar surface area (TPSA) is 32.3 Å². The number of hydrogen-bond donors (Lipinski definition) is 2. The molecule has 0 saturated carbocycles. The van der Waals surface area contributed by atoms with Crippen LogP contribution in [0.2, 0.25) is 0 Å². The Bertz CT molecular complexity index is 351. The van der Waals surface area contributed by atoms with E-state index in [9.17, 15) is 5.11 Å². The van der Waals surface area contributed by atoms with Gasteiger partial charge in [-0.25, -0.2) is 0 Å². The van der Waals surface area contributed by atoms with E-state index >= 15 is 0 Å². The summed E-state index contributed by atoms with van der Waals surface area (Å²) in [5.41, 5.74) is 1.15. The Morgan fingerprint density at radius 3 is 2.40 bits per heavy atom. The Hall–Kier alpha value is -1.02. The van der Waals surface area contributed by atoms with Crippen LogP contribution in [0.3, 0.4) is 0 Å². The third kappa shape index (κ3) is 1.63. The zero-order valence-electron chi connectivity index (χ0n) is 8.82. The van der Waals surface area contributed by atoms with Crippen LogP contribution < -0.4 is 5.32 Å². The number of piperidine rings is 1. The molecule has 3 rings (SSSR count). The number of hydrogen-bond acceptors (Lipinski definition) is 2. The first-order valence-electron chi connectivity index (χ1n) is 5.87. The smallest absolute Gasteiger partial charge is 0.119 e. The molecular weight excluding hydrogens is 186 g/mol. The van der Waals surface area contributed by atoms with Gasteiger partial charge in [-0.15, -0.1) is 0 Å². The molecule has 2 heteroatoms. The van der Waals surface area contributed by atoms with Gasteiger partial charge in [-0.2, -0.15) is 0 Å². The van der Waals surface area contributed by atoms with Gasteiger partial charge in [0.25, 0.3) is 0 Å². The molecule has 2 atom stereocenters. The zero-order chi connectivity index (χ0) is 10.3. The third-order valence-electron chi connectivity index (χ3n) is 3.85. The van der Waals surface area contributed by atoms with Crippen LogP contribution in [-0.4, -0.2) is 17.2 Å². The zero-order valence-corrected chi connectivity index (χ0v) is 8.82. The van der Waals surface area contributed by atoms with E-state index < -0.39 is 0 Å². The molecule has 1 aromatic rings. The molecule has 0 aromatic heterocycles. The molecule has 15 heavy (non-hydrogen) atoms. The van der Waals surface area contributed by atoms with Crippen molar-refractivity contribution in [2.24, 2.45) is 0 Å². The van der Waals surface area contributed by atoms with Crippen molar-refractivity contribution in [3.63, 3.8) is 0 Å². The molecule has 1 aromatic carbocycles. The lowest BCUT2D eigenvalue weighted by Crippen LogP contribution is -2.37. The summed E-state index contributed by atoms with van der Waals surface area (Å²) in [7, 11) is 0. The summed E-state index contributed by atoms with van der Waals surface area (Å²) in [5, 5.41) is 13.5. The highest BCUT2D eigenvalue weighted by molar-refractivity contribution is 5.35. The third-order valence-corrected chi connectivity index (χ3v) is 3.85. The van der Waals surface area contributed by atoms with Crippen LogP contribution >= 0.6 is 0 Å². The fourth-order valence-electron chi connectivity index (χ4n) is 3.14. The lowest BCUT2D eigenvalue weighted by atomic mass is 9.86. The second kappa shape index (κ2) is 3.53. The average Bonchev–Trinajstić information content (AvgIpc) is 2.58. The van der Waals surface area contributed by atoms with E-state index in [-0.39, 0.29) is 0 Å². The molecule has 0 amide bonds. The van der Waals surface area contributed by atoms with Gasteiger partial charge in [-0.05, 0) is 43.2 Å². The summed E-state index contributed by atoms with van der Waals surface area (Å²) in [5.74, 6) is 1.04. The number of phenolic OH excluding ortho intramolecular Hbond substituents is 1. The van der Waals surface area contributed by atoms with Crippen LogP contribution in [0.15, 0.2) is 24.3 Å². The number of phenols is 1. The Labute approximate surface area is 90.3 Å². The summed E-state index contributed by atoms with van der Waals surface area (Å²) < 4.78 is 0. The minimum Gasteiger partial charge on any atom is -0.508 e. The highest BCUT2D eigenvalue weighted by Crippen LogP contribution is 2.39. The number of fused-ring (bicyclic) bond motifs is 2. The van der Waals surface area contributed by atoms with E-state index in [4.69, 9.17) is 0 Å². The van der Waals surface area contributed by atoms with Crippen molar-refractivity contribution in [3.05, 3.63) is 29.8 Å². The van der Waals surface area contributed by atoms with Gasteiger partial charge in [0.15, 0.2) is 0 Å². The Balaban J connectivity index is 1.86. The van der Waals surface area contributed by atoms with Gasteiger partial charge < -0.3 is 10.4 Å². The maximum Gasteiger partial charge on any atom is 0.119 e. The minimum atomic E-state index is 0.476. The molecule has 2 saturated heterocycles. The SMILES string of the molecule is Oc1ccccc1C1CC2CCC(C1)N2. The normalized spacial score (nSPS) is 34.3. The first-order chi connectivity index (χ1) is 7.33. The molecular formula is C13H17NO. The van der Waals surface area contributed by atoms with Crippen molar-refractivity contribution < 1.29 is 5.11 Å². The molecule has 2 fully saturated rings. The van der Waals surface area contributed by atoms with Crippen LogP contribution in [0.4, 0.5) is 0 Å². The lowest BCUT2D eigenvalue weighted by molar-refractivity contribution is 0.354. The van der Waals surface area contributed by atoms with Crippen molar-refractivity contribution in [2.45, 2.75) is 43.7 Å². The van der Waals surface area contributed by atoms with Crippen molar-refractivity contribution in [1.29, 1.82) is 0 Å². The molecule has 0 radical (unpaired) electrons. The van der Waals surface area contributed by atoms with Gasteiger partial charge in [0.1, 0.15) is 5.75 Å². The molecule has 2 unspecified atom stereocenters. The fraction of sp³-hybridized carbons (Fsp3) is 0.538. The van der Waals surface area contributed by atoms with E-state index in [0.717, 1.165) is 5.56 Å². The molecule has 2 N–H and O–H groups in total. The Kier molecular flexibility index (Phi) is 2.17. The average molecular weight is 203 g/mol. The van der Waals surface area contributed by atoms with E-state index in [1.54, 1.807) is 6.07 Å². The van der Waals surface area contributed by atoms with E-state index in [1.807, 2.05) is 12.1 Å². The number of rotatable bonds is 1. The summed E-state index contributed by atoms with van der Waals surface area (Å²) in [6, 6.07) is 9.18. The van der Waals surface area contributed by atoms with Crippen molar-refractivity contribution in [1.82, 2.24) is 5.32 Å². The number of aromatic hydroxyl groups is 1. The largest absolute Gasteiger partial charge is 0.508 e. The second-order valence-electron chi connectivity index (χ2n) is 4.87. The van der Waals surface area contributed by atoms with Gasteiger partial charge in [-0.1, -0.05) is 18.2 Å². The van der Waals surface area contributed by atoms with Gasteiger partial charge in [-0.3, -0.25) is 0 Å². The van der Waals surface area contributed by atoms with Gasteiger partial charge >= 0.3 is 0 Å².